The Kier molecular flexibility index (Phi) is 7.16. The van der Waals surface area contributed by atoms with Crippen LogP contribution in [0.4, 0.5) is 4.79 Å². The third kappa shape index (κ3) is 6.32. The Balaban J connectivity index is 1.97. The summed E-state index contributed by atoms with van der Waals surface area (Å²) in [4.78, 5) is 24.3. The van der Waals surface area contributed by atoms with E-state index in [0.717, 1.165) is 16.0 Å². The van der Waals surface area contributed by atoms with E-state index in [4.69, 9.17) is 16.3 Å². The monoisotopic (exact) mass is 379 g/mol. The number of benzene rings is 2. The minimum atomic E-state index is -1.14. The fraction of sp³-hybridized carbons (Fsp3) is 0.222. The number of carbonyl (C=O) groups excluding carboxylic acids is 1. The average Bonchev–Trinajstić information content (AvgIpc) is 2.59. The number of carboxylic acids is 1. The summed E-state index contributed by atoms with van der Waals surface area (Å²) < 4.78 is 5.07. The molecular weight excluding hydrogens is 362 g/mol. The smallest absolute Gasteiger partial charge is 0.408 e. The first kappa shape index (κ1) is 19.1. The number of nitrogens with one attached hydrogen (secondary N) is 1. The molecule has 0 heterocycles. The first-order chi connectivity index (χ1) is 12.0. The van der Waals surface area contributed by atoms with Crippen LogP contribution in [0.5, 0.6) is 0 Å². The van der Waals surface area contributed by atoms with Crippen molar-refractivity contribution in [2.75, 3.05) is 6.26 Å². The number of thioether (sulfide) groups is 1. The van der Waals surface area contributed by atoms with E-state index in [9.17, 15) is 14.7 Å². The number of hydrogen-bond acceptors (Lipinski definition) is 4. The lowest BCUT2D eigenvalue weighted by Gasteiger charge is -2.15. The van der Waals surface area contributed by atoms with Crippen molar-refractivity contribution >= 4 is 35.4 Å². The van der Waals surface area contributed by atoms with Crippen LogP contribution in [0.2, 0.25) is 5.02 Å². The van der Waals surface area contributed by atoms with Crippen molar-refractivity contribution in [3.8, 4) is 0 Å². The molecule has 2 N–H and O–H groups in total. The molecule has 5 nitrogen and oxygen atoms in total. The summed E-state index contributed by atoms with van der Waals surface area (Å²) in [6, 6.07) is 13.4. The molecule has 0 radical (unpaired) electrons. The van der Waals surface area contributed by atoms with E-state index >= 15 is 0 Å². The predicted molar refractivity (Wildman–Crippen MR) is 98.1 cm³/mol. The average molecular weight is 380 g/mol. The van der Waals surface area contributed by atoms with E-state index in [-0.39, 0.29) is 13.0 Å². The van der Waals surface area contributed by atoms with Crippen molar-refractivity contribution in [2.45, 2.75) is 24.0 Å². The molecule has 0 saturated carbocycles. The van der Waals surface area contributed by atoms with Gasteiger partial charge in [-0.05, 0) is 35.6 Å². The van der Waals surface area contributed by atoms with Crippen LogP contribution in [0.15, 0.2) is 53.4 Å². The Hall–Kier alpha value is -2.18. The molecular formula is C18H18ClNO4S. The highest BCUT2D eigenvalue weighted by Crippen LogP contribution is 2.23. The van der Waals surface area contributed by atoms with Crippen LogP contribution in [-0.2, 0) is 22.6 Å². The zero-order chi connectivity index (χ0) is 18.2. The third-order valence-corrected chi connectivity index (χ3v) is 4.33. The van der Waals surface area contributed by atoms with Gasteiger partial charge >= 0.3 is 12.1 Å². The van der Waals surface area contributed by atoms with Crippen LogP contribution in [0.3, 0.4) is 0 Å². The summed E-state index contributed by atoms with van der Waals surface area (Å²) in [6.07, 6.45) is 1.25. The number of amides is 1. The number of ether oxygens (including phenoxy) is 1. The largest absolute Gasteiger partial charge is 0.480 e. The molecule has 2 aromatic rings. The summed E-state index contributed by atoms with van der Waals surface area (Å²) >= 11 is 7.55. The van der Waals surface area contributed by atoms with Gasteiger partial charge in [0.05, 0.1) is 0 Å². The summed E-state index contributed by atoms with van der Waals surface area (Å²) in [6.45, 7) is 0.0762. The molecule has 1 atom stereocenters. The Morgan fingerprint density at radius 2 is 1.92 bits per heavy atom. The van der Waals surface area contributed by atoms with Gasteiger partial charge in [0.25, 0.3) is 0 Å². The minimum Gasteiger partial charge on any atom is -0.480 e. The molecule has 25 heavy (non-hydrogen) atoms. The SMILES string of the molecule is CSc1cc(Cl)cc(CC(NC(=O)OCc2ccccc2)C(=O)O)c1. The maximum atomic E-state index is 11.9. The van der Waals surface area contributed by atoms with Crippen molar-refractivity contribution in [3.63, 3.8) is 0 Å². The van der Waals surface area contributed by atoms with E-state index in [1.165, 1.54) is 11.8 Å². The van der Waals surface area contributed by atoms with E-state index in [2.05, 4.69) is 5.32 Å². The molecule has 2 rings (SSSR count). The lowest BCUT2D eigenvalue weighted by molar-refractivity contribution is -0.139. The standard InChI is InChI=1S/C18H18ClNO4S/c1-25-15-8-13(7-14(19)10-15)9-16(17(21)22)20-18(23)24-11-12-5-3-2-4-6-12/h2-8,10,16H,9,11H2,1H3,(H,20,23)(H,21,22). The number of rotatable bonds is 7. The Bertz CT molecular complexity index is 739. The number of hydrogen-bond donors (Lipinski definition) is 2. The van der Waals surface area contributed by atoms with E-state index in [1.54, 1.807) is 12.1 Å². The van der Waals surface area contributed by atoms with Gasteiger partial charge in [-0.25, -0.2) is 9.59 Å². The lowest BCUT2D eigenvalue weighted by atomic mass is 10.1. The van der Waals surface area contributed by atoms with Crippen molar-refractivity contribution in [3.05, 3.63) is 64.7 Å². The van der Waals surface area contributed by atoms with Gasteiger partial charge in [-0.1, -0.05) is 41.9 Å². The summed E-state index contributed by atoms with van der Waals surface area (Å²) in [5.41, 5.74) is 1.55. The van der Waals surface area contributed by atoms with Gasteiger partial charge in [0, 0.05) is 16.3 Å². The molecule has 0 aliphatic carbocycles. The Morgan fingerprint density at radius 1 is 1.20 bits per heavy atom. The van der Waals surface area contributed by atoms with Crippen molar-refractivity contribution in [2.24, 2.45) is 0 Å². The molecule has 0 aliphatic heterocycles. The summed E-state index contributed by atoms with van der Waals surface area (Å²) in [5.74, 6) is -1.14. The summed E-state index contributed by atoms with van der Waals surface area (Å²) in [7, 11) is 0. The second kappa shape index (κ2) is 9.34. The quantitative estimate of drug-likeness (QED) is 0.711. The van der Waals surface area contributed by atoms with Crippen LogP contribution in [0, 0.1) is 0 Å². The van der Waals surface area contributed by atoms with Crippen molar-refractivity contribution < 1.29 is 19.4 Å². The molecule has 0 aromatic heterocycles. The Labute approximate surface area is 155 Å². The fourth-order valence-corrected chi connectivity index (χ4v) is 3.04. The minimum absolute atomic E-state index is 0.0762. The van der Waals surface area contributed by atoms with Gasteiger partial charge < -0.3 is 15.2 Å². The number of halogens is 1. The highest BCUT2D eigenvalue weighted by Gasteiger charge is 2.21. The van der Waals surface area contributed by atoms with Crippen LogP contribution < -0.4 is 5.32 Å². The lowest BCUT2D eigenvalue weighted by Crippen LogP contribution is -2.42. The summed E-state index contributed by atoms with van der Waals surface area (Å²) in [5, 5.41) is 12.3. The van der Waals surface area contributed by atoms with Gasteiger partial charge in [0.2, 0.25) is 0 Å². The van der Waals surface area contributed by atoms with Crippen molar-refractivity contribution in [1.29, 1.82) is 0 Å². The number of alkyl carbamates (subject to hydrolysis) is 1. The maximum Gasteiger partial charge on any atom is 0.408 e. The number of aliphatic carboxylic acids is 1. The Morgan fingerprint density at radius 3 is 2.56 bits per heavy atom. The molecule has 0 spiro atoms. The molecule has 7 heteroatoms. The molecule has 0 saturated heterocycles. The normalized spacial score (nSPS) is 11.6. The second-order valence-electron chi connectivity index (χ2n) is 5.30. The third-order valence-electron chi connectivity index (χ3n) is 3.41. The zero-order valence-corrected chi connectivity index (χ0v) is 15.1. The van der Waals surface area contributed by atoms with Gasteiger partial charge in [0.15, 0.2) is 0 Å². The van der Waals surface area contributed by atoms with Gasteiger partial charge in [-0.2, -0.15) is 0 Å². The van der Waals surface area contributed by atoms with Gasteiger partial charge in [0.1, 0.15) is 12.6 Å². The molecule has 0 aliphatic rings. The van der Waals surface area contributed by atoms with E-state index < -0.39 is 18.1 Å². The first-order valence-electron chi connectivity index (χ1n) is 7.51. The zero-order valence-electron chi connectivity index (χ0n) is 13.6. The van der Waals surface area contributed by atoms with Gasteiger partial charge in [-0.3, -0.25) is 0 Å². The highest BCUT2D eigenvalue weighted by atomic mass is 35.5. The van der Waals surface area contributed by atoms with Crippen LogP contribution in [0.1, 0.15) is 11.1 Å². The van der Waals surface area contributed by atoms with Crippen LogP contribution in [-0.4, -0.2) is 29.5 Å². The van der Waals surface area contributed by atoms with Crippen molar-refractivity contribution in [1.82, 2.24) is 5.32 Å². The molecule has 1 unspecified atom stereocenters. The fourth-order valence-electron chi connectivity index (χ4n) is 2.20. The second-order valence-corrected chi connectivity index (χ2v) is 6.62. The number of carboxylic acid groups (broad SMARTS) is 1. The first-order valence-corrected chi connectivity index (χ1v) is 9.11. The van der Waals surface area contributed by atoms with Gasteiger partial charge in [-0.15, -0.1) is 11.8 Å². The maximum absolute atomic E-state index is 11.9. The molecule has 2 aromatic carbocycles. The van der Waals surface area contributed by atoms with E-state index in [0.29, 0.717) is 5.02 Å². The van der Waals surface area contributed by atoms with E-state index in [1.807, 2.05) is 42.7 Å². The topological polar surface area (TPSA) is 75.6 Å². The van der Waals surface area contributed by atoms with Crippen LogP contribution in [0.25, 0.3) is 0 Å². The predicted octanol–water partition coefficient (Wildman–Crippen LogP) is 3.98. The van der Waals surface area contributed by atoms with Crippen LogP contribution >= 0.6 is 23.4 Å². The molecule has 1 amide bonds. The molecule has 0 bridgehead atoms. The molecule has 132 valence electrons. The number of carbonyl (C=O) groups is 2. The highest BCUT2D eigenvalue weighted by molar-refractivity contribution is 7.98. The molecule has 0 fully saturated rings.